The van der Waals surface area contributed by atoms with E-state index in [0.717, 1.165) is 5.56 Å². The summed E-state index contributed by atoms with van der Waals surface area (Å²) >= 11 is 3.34. The van der Waals surface area contributed by atoms with Gasteiger partial charge in [-0.3, -0.25) is 0 Å². The molecule has 0 atom stereocenters. The predicted octanol–water partition coefficient (Wildman–Crippen LogP) is 2.22. The maximum absolute atomic E-state index is 5.99. The van der Waals surface area contributed by atoms with Crippen molar-refractivity contribution in [2.45, 2.75) is 26.2 Å². The van der Waals surface area contributed by atoms with Crippen molar-refractivity contribution >= 4 is 27.7 Å². The van der Waals surface area contributed by atoms with Gasteiger partial charge in [0, 0.05) is 24.2 Å². The number of hydrogen-bond acceptors (Lipinski definition) is 7. The van der Waals surface area contributed by atoms with Crippen LogP contribution in [0.3, 0.4) is 0 Å². The highest BCUT2D eigenvalue weighted by molar-refractivity contribution is 9.10. The van der Waals surface area contributed by atoms with Crippen LogP contribution in [-0.2, 0) is 6.42 Å². The number of nitrogens with zero attached hydrogens (tertiary/aromatic N) is 3. The molecule has 7 nitrogen and oxygen atoms in total. The molecular formula is C14H19BrN6O. The van der Waals surface area contributed by atoms with Crippen molar-refractivity contribution in [3.63, 3.8) is 0 Å². The molecule has 0 amide bonds. The second-order valence-electron chi connectivity index (χ2n) is 5.08. The normalized spacial score (nSPS) is 11.0. The first kappa shape index (κ1) is 16.4. The van der Waals surface area contributed by atoms with E-state index < -0.39 is 0 Å². The number of ether oxygens (including phenoxy) is 1. The van der Waals surface area contributed by atoms with Gasteiger partial charge in [0.15, 0.2) is 11.6 Å². The lowest BCUT2D eigenvalue weighted by atomic mass is 10.1. The van der Waals surface area contributed by atoms with Crippen LogP contribution >= 0.6 is 15.9 Å². The first-order valence-electron chi connectivity index (χ1n) is 6.87. The van der Waals surface area contributed by atoms with Crippen molar-refractivity contribution in [2.75, 3.05) is 18.0 Å². The van der Waals surface area contributed by atoms with Crippen LogP contribution in [0.25, 0.3) is 0 Å². The van der Waals surface area contributed by atoms with Crippen LogP contribution in [0.1, 0.15) is 31.0 Å². The summed E-state index contributed by atoms with van der Waals surface area (Å²) in [7, 11) is 0. The molecule has 0 unspecified atom stereocenters. The molecule has 6 N–H and O–H groups in total. The summed E-state index contributed by atoms with van der Waals surface area (Å²) in [6.07, 6.45) is 2.26. The van der Waals surface area contributed by atoms with Gasteiger partial charge in [-0.15, -0.1) is 0 Å². The minimum atomic E-state index is 0.105. The molecule has 0 aliphatic rings. The number of hydrogen-bond donors (Lipinski definition) is 3. The molecule has 0 aromatic carbocycles. The zero-order valence-corrected chi connectivity index (χ0v) is 14.1. The Labute approximate surface area is 137 Å². The van der Waals surface area contributed by atoms with Crippen molar-refractivity contribution in [2.24, 2.45) is 5.73 Å². The Morgan fingerprint density at radius 1 is 1.27 bits per heavy atom. The topological polar surface area (TPSA) is 126 Å². The fourth-order valence-electron chi connectivity index (χ4n) is 2.01. The zero-order valence-electron chi connectivity index (χ0n) is 12.5. The third-order valence-electron chi connectivity index (χ3n) is 3.06. The van der Waals surface area contributed by atoms with Crippen molar-refractivity contribution < 1.29 is 4.74 Å². The van der Waals surface area contributed by atoms with Gasteiger partial charge in [-0.2, -0.15) is 4.98 Å². The lowest BCUT2D eigenvalue weighted by Crippen LogP contribution is -2.11. The summed E-state index contributed by atoms with van der Waals surface area (Å²) in [5, 5.41) is 0. The van der Waals surface area contributed by atoms with Crippen LogP contribution in [0, 0.1) is 0 Å². The van der Waals surface area contributed by atoms with Crippen molar-refractivity contribution in [1.29, 1.82) is 0 Å². The van der Waals surface area contributed by atoms with Gasteiger partial charge in [-0.05, 0) is 28.4 Å². The number of anilines is 2. The number of nitrogen functional groups attached to an aromatic ring is 2. The highest BCUT2D eigenvalue weighted by Gasteiger charge is 2.17. The number of rotatable bonds is 5. The van der Waals surface area contributed by atoms with E-state index >= 15 is 0 Å². The summed E-state index contributed by atoms with van der Waals surface area (Å²) < 4.78 is 6.66. The largest absolute Gasteiger partial charge is 0.451 e. The predicted molar refractivity (Wildman–Crippen MR) is 89.7 cm³/mol. The standard InChI is InChI=1S/C14H19BrN6O/c1-7(2)8-6-19-11(15)5-10(8)22-12-9(3-4-16)20-14(18)21-13(12)17/h5-7H,3-4,16H2,1-2H3,(H4,17,18,20,21). The molecule has 2 heterocycles. The molecule has 0 saturated carbocycles. The maximum atomic E-state index is 5.99. The Hall–Kier alpha value is -1.93. The fraction of sp³-hybridized carbons (Fsp3) is 0.357. The number of pyridine rings is 1. The Morgan fingerprint density at radius 2 is 2.00 bits per heavy atom. The van der Waals surface area contributed by atoms with Crippen LogP contribution < -0.4 is 21.9 Å². The average molecular weight is 367 g/mol. The minimum absolute atomic E-state index is 0.105. The van der Waals surface area contributed by atoms with E-state index in [2.05, 4.69) is 44.7 Å². The molecule has 0 aliphatic carbocycles. The second-order valence-corrected chi connectivity index (χ2v) is 5.90. The van der Waals surface area contributed by atoms with E-state index in [0.29, 0.717) is 34.8 Å². The second kappa shape index (κ2) is 6.89. The number of nitrogens with two attached hydrogens (primary N) is 3. The number of halogens is 1. The molecule has 22 heavy (non-hydrogen) atoms. The van der Waals surface area contributed by atoms with Gasteiger partial charge < -0.3 is 21.9 Å². The lowest BCUT2D eigenvalue weighted by molar-refractivity contribution is 0.462. The van der Waals surface area contributed by atoms with Gasteiger partial charge >= 0.3 is 0 Å². The van der Waals surface area contributed by atoms with E-state index in [1.807, 2.05) is 0 Å². The summed E-state index contributed by atoms with van der Waals surface area (Å²) in [4.78, 5) is 12.4. The third kappa shape index (κ3) is 3.63. The van der Waals surface area contributed by atoms with E-state index in [1.54, 1.807) is 12.3 Å². The van der Waals surface area contributed by atoms with Gasteiger partial charge in [-0.25, -0.2) is 9.97 Å². The van der Waals surface area contributed by atoms with Crippen LogP contribution in [-0.4, -0.2) is 21.5 Å². The van der Waals surface area contributed by atoms with Crippen LogP contribution in [0.4, 0.5) is 11.8 Å². The van der Waals surface area contributed by atoms with Gasteiger partial charge in [0.25, 0.3) is 0 Å². The summed E-state index contributed by atoms with van der Waals surface area (Å²) in [5.74, 6) is 1.58. The summed E-state index contributed by atoms with van der Waals surface area (Å²) in [6.45, 7) is 4.52. The number of aromatic nitrogens is 3. The zero-order chi connectivity index (χ0) is 16.3. The monoisotopic (exact) mass is 366 g/mol. The highest BCUT2D eigenvalue weighted by atomic mass is 79.9. The van der Waals surface area contributed by atoms with Gasteiger partial charge in [0.2, 0.25) is 5.95 Å². The smallest absolute Gasteiger partial charge is 0.222 e. The molecule has 118 valence electrons. The molecule has 2 aromatic rings. The molecule has 0 radical (unpaired) electrons. The fourth-order valence-corrected chi connectivity index (χ4v) is 2.32. The van der Waals surface area contributed by atoms with Crippen LogP contribution in [0.2, 0.25) is 0 Å². The molecule has 0 fully saturated rings. The van der Waals surface area contributed by atoms with Crippen molar-refractivity contribution in [3.8, 4) is 11.5 Å². The van der Waals surface area contributed by atoms with Crippen LogP contribution in [0.5, 0.6) is 11.5 Å². The van der Waals surface area contributed by atoms with Crippen LogP contribution in [0.15, 0.2) is 16.9 Å². The lowest BCUT2D eigenvalue weighted by Gasteiger charge is -2.16. The van der Waals surface area contributed by atoms with Crippen molar-refractivity contribution in [1.82, 2.24) is 15.0 Å². The molecule has 0 spiro atoms. The molecule has 0 saturated heterocycles. The quantitative estimate of drug-likeness (QED) is 0.692. The SMILES string of the molecule is CC(C)c1cnc(Br)cc1Oc1c(N)nc(N)nc1CCN. The van der Waals surface area contributed by atoms with Crippen molar-refractivity contribution in [3.05, 3.63) is 28.1 Å². The maximum Gasteiger partial charge on any atom is 0.222 e. The van der Waals surface area contributed by atoms with E-state index in [1.165, 1.54) is 0 Å². The van der Waals surface area contributed by atoms with Gasteiger partial charge in [0.05, 0.1) is 5.69 Å². The minimum Gasteiger partial charge on any atom is -0.451 e. The Morgan fingerprint density at radius 3 is 2.64 bits per heavy atom. The Bertz CT molecular complexity index is 677. The van der Waals surface area contributed by atoms with Gasteiger partial charge in [0.1, 0.15) is 10.4 Å². The highest BCUT2D eigenvalue weighted by Crippen LogP contribution is 2.35. The molecule has 8 heteroatoms. The molecular weight excluding hydrogens is 348 g/mol. The van der Waals surface area contributed by atoms with Gasteiger partial charge in [-0.1, -0.05) is 13.8 Å². The van der Waals surface area contributed by atoms with E-state index in [9.17, 15) is 0 Å². The molecule has 2 aromatic heterocycles. The molecule has 0 bridgehead atoms. The third-order valence-corrected chi connectivity index (χ3v) is 3.49. The Balaban J connectivity index is 2.49. The van der Waals surface area contributed by atoms with E-state index in [-0.39, 0.29) is 17.7 Å². The first-order valence-corrected chi connectivity index (χ1v) is 7.67. The van der Waals surface area contributed by atoms with E-state index in [4.69, 9.17) is 21.9 Å². The first-order chi connectivity index (χ1) is 10.4. The molecule has 0 aliphatic heterocycles. The Kier molecular flexibility index (Phi) is 5.15. The molecule has 2 rings (SSSR count). The summed E-state index contributed by atoms with van der Waals surface area (Å²) in [5.41, 5.74) is 18.7. The summed E-state index contributed by atoms with van der Waals surface area (Å²) in [6, 6.07) is 1.79. The average Bonchev–Trinajstić information content (AvgIpc) is 2.42.